The molecule has 0 aliphatic heterocycles. The predicted molar refractivity (Wildman–Crippen MR) is 113 cm³/mol. The molecule has 1 aromatic heterocycles. The summed E-state index contributed by atoms with van der Waals surface area (Å²) in [6.07, 6.45) is 7.56. The fourth-order valence-corrected chi connectivity index (χ4v) is 4.24. The second-order valence-corrected chi connectivity index (χ2v) is 8.52. The average molecular weight is 437 g/mol. The molecule has 2 N–H and O–H groups in total. The number of amides is 1. The number of carboxylic acids is 1. The van der Waals surface area contributed by atoms with Crippen molar-refractivity contribution >= 4 is 17.6 Å². The number of aromatic carboxylic acids is 1. The van der Waals surface area contributed by atoms with Gasteiger partial charge in [-0.2, -0.15) is 5.10 Å². The summed E-state index contributed by atoms with van der Waals surface area (Å²) in [4.78, 5) is 24.9. The van der Waals surface area contributed by atoms with E-state index in [0.29, 0.717) is 30.0 Å². The van der Waals surface area contributed by atoms with E-state index in [4.69, 9.17) is 0 Å². The topological polar surface area (TPSA) is 84.2 Å². The second-order valence-electron chi connectivity index (χ2n) is 8.52. The zero-order valence-corrected chi connectivity index (χ0v) is 17.1. The number of benzene rings is 2. The largest absolute Gasteiger partial charge is 0.478 e. The number of nitrogens with one attached hydrogen (secondary N) is 1. The summed E-state index contributed by atoms with van der Waals surface area (Å²) in [5, 5.41) is 16.8. The van der Waals surface area contributed by atoms with Gasteiger partial charge in [0.2, 0.25) is 5.91 Å². The van der Waals surface area contributed by atoms with E-state index in [1.54, 1.807) is 18.3 Å². The second kappa shape index (κ2) is 7.55. The van der Waals surface area contributed by atoms with Crippen LogP contribution in [0.1, 0.15) is 54.1 Å². The van der Waals surface area contributed by atoms with E-state index in [2.05, 4.69) is 10.4 Å². The van der Waals surface area contributed by atoms with Gasteiger partial charge in [0.25, 0.3) is 0 Å². The van der Waals surface area contributed by atoms with Crippen LogP contribution in [-0.2, 0) is 10.2 Å². The summed E-state index contributed by atoms with van der Waals surface area (Å²) in [7, 11) is 0. The minimum Gasteiger partial charge on any atom is -0.478 e. The molecule has 0 spiro atoms. The first kappa shape index (κ1) is 20.4. The van der Waals surface area contributed by atoms with Gasteiger partial charge in [-0.3, -0.25) is 9.48 Å². The van der Waals surface area contributed by atoms with Crippen molar-refractivity contribution in [3.8, 4) is 11.1 Å². The van der Waals surface area contributed by atoms with Crippen LogP contribution >= 0.6 is 0 Å². The first-order valence-corrected chi connectivity index (χ1v) is 10.6. The monoisotopic (exact) mass is 437 g/mol. The molecule has 6 nitrogen and oxygen atoms in total. The predicted octanol–water partition coefficient (Wildman–Crippen LogP) is 4.92. The minimum atomic E-state index is -1.14. The van der Waals surface area contributed by atoms with Crippen molar-refractivity contribution in [3.05, 3.63) is 71.6 Å². The third kappa shape index (κ3) is 3.45. The van der Waals surface area contributed by atoms with Crippen molar-refractivity contribution < 1.29 is 23.5 Å². The molecule has 0 atom stereocenters. The fraction of sp³-hybridized carbons (Fsp3) is 0.292. The number of halogens is 2. The Hall–Kier alpha value is -3.55. The van der Waals surface area contributed by atoms with Crippen LogP contribution in [0.3, 0.4) is 0 Å². The number of anilines is 1. The molecular formula is C24H21F2N3O3. The Morgan fingerprint density at radius 2 is 1.91 bits per heavy atom. The molecule has 0 saturated heterocycles. The molecule has 3 aromatic rings. The first-order chi connectivity index (χ1) is 15.4. The van der Waals surface area contributed by atoms with Crippen molar-refractivity contribution in [3.63, 3.8) is 0 Å². The van der Waals surface area contributed by atoms with Gasteiger partial charge in [-0.1, -0.05) is 6.07 Å². The van der Waals surface area contributed by atoms with Gasteiger partial charge < -0.3 is 10.4 Å². The van der Waals surface area contributed by atoms with Crippen LogP contribution in [0, 0.1) is 11.6 Å². The highest BCUT2D eigenvalue weighted by Gasteiger charge is 2.53. The Balaban J connectivity index is 1.42. The highest BCUT2D eigenvalue weighted by molar-refractivity contribution is 6.03. The maximum absolute atomic E-state index is 14.3. The average Bonchev–Trinajstić information content (AvgIpc) is 3.41. The van der Waals surface area contributed by atoms with E-state index in [0.717, 1.165) is 37.5 Å². The van der Waals surface area contributed by atoms with Crippen LogP contribution in [0.25, 0.3) is 11.1 Å². The summed E-state index contributed by atoms with van der Waals surface area (Å²) >= 11 is 0. The molecule has 0 radical (unpaired) electrons. The lowest BCUT2D eigenvalue weighted by Crippen LogP contribution is -2.29. The van der Waals surface area contributed by atoms with Gasteiger partial charge in [0.1, 0.15) is 11.6 Å². The molecular weight excluding hydrogens is 416 g/mol. The molecule has 5 rings (SSSR count). The number of carbonyl (C=O) groups is 2. The van der Waals surface area contributed by atoms with Crippen molar-refractivity contribution in [2.45, 2.75) is 43.6 Å². The molecule has 164 valence electrons. The Labute approximate surface area is 182 Å². The maximum Gasteiger partial charge on any atom is 0.336 e. The summed E-state index contributed by atoms with van der Waals surface area (Å²) in [5.74, 6) is -2.86. The molecule has 1 heterocycles. The quantitative estimate of drug-likeness (QED) is 0.573. The lowest BCUT2D eigenvalue weighted by atomic mass is 9.93. The molecule has 2 aliphatic carbocycles. The van der Waals surface area contributed by atoms with E-state index in [1.165, 1.54) is 6.07 Å². The number of rotatable bonds is 6. The zero-order valence-electron chi connectivity index (χ0n) is 17.1. The zero-order chi connectivity index (χ0) is 22.5. The van der Waals surface area contributed by atoms with Crippen LogP contribution in [0.2, 0.25) is 0 Å². The van der Waals surface area contributed by atoms with Gasteiger partial charge in [-0.15, -0.1) is 0 Å². The third-order valence-corrected chi connectivity index (χ3v) is 6.50. The van der Waals surface area contributed by atoms with E-state index in [-0.39, 0.29) is 16.8 Å². The number of hydrogen-bond donors (Lipinski definition) is 2. The van der Waals surface area contributed by atoms with Crippen LogP contribution in [-0.4, -0.2) is 26.8 Å². The maximum atomic E-state index is 14.3. The Morgan fingerprint density at radius 3 is 2.56 bits per heavy atom. The smallest absolute Gasteiger partial charge is 0.336 e. The van der Waals surface area contributed by atoms with E-state index in [9.17, 15) is 23.5 Å². The van der Waals surface area contributed by atoms with E-state index >= 15 is 0 Å². The Bertz CT molecular complexity index is 1230. The van der Waals surface area contributed by atoms with Crippen LogP contribution in [0.5, 0.6) is 0 Å². The molecule has 8 heteroatoms. The van der Waals surface area contributed by atoms with E-state index in [1.807, 2.05) is 10.9 Å². The highest BCUT2D eigenvalue weighted by Crippen LogP contribution is 2.50. The van der Waals surface area contributed by atoms with Gasteiger partial charge in [-0.25, -0.2) is 13.6 Å². The van der Waals surface area contributed by atoms with Crippen LogP contribution in [0.15, 0.2) is 48.8 Å². The van der Waals surface area contributed by atoms with Crippen molar-refractivity contribution in [2.75, 3.05) is 5.32 Å². The number of aromatic nitrogens is 2. The van der Waals surface area contributed by atoms with Gasteiger partial charge in [0.05, 0.1) is 23.2 Å². The van der Waals surface area contributed by atoms with Crippen molar-refractivity contribution in [1.82, 2.24) is 9.78 Å². The number of carbonyl (C=O) groups excluding carboxylic acids is 1. The van der Waals surface area contributed by atoms with E-state index < -0.39 is 28.9 Å². The van der Waals surface area contributed by atoms with Gasteiger partial charge >= 0.3 is 5.97 Å². The molecule has 32 heavy (non-hydrogen) atoms. The molecule has 2 aromatic carbocycles. The fourth-order valence-electron chi connectivity index (χ4n) is 4.24. The minimum absolute atomic E-state index is 0.0217. The van der Waals surface area contributed by atoms with Crippen LogP contribution < -0.4 is 5.32 Å². The van der Waals surface area contributed by atoms with Crippen LogP contribution in [0.4, 0.5) is 14.5 Å². The summed E-state index contributed by atoms with van der Waals surface area (Å²) in [6, 6.07) is 8.05. The standard InChI is InChI=1S/C24H21F2N3O3/c25-15-4-7-21(26)20(10-15)24(8-9-24)23(32)28-16-5-6-18(19(11-16)22(30)31)14-12-27-29(13-14)17-2-1-3-17/h4-7,10-13,17H,1-3,8-9H2,(H,28,32)(H,30,31). The summed E-state index contributed by atoms with van der Waals surface area (Å²) in [6.45, 7) is 0. The molecule has 2 fully saturated rings. The lowest BCUT2D eigenvalue weighted by Gasteiger charge is -2.25. The SMILES string of the molecule is O=C(O)c1cc(NC(=O)C2(c3cc(F)ccc3F)CC2)ccc1-c1cnn(C2CCC2)c1. The first-order valence-electron chi connectivity index (χ1n) is 10.6. The third-order valence-electron chi connectivity index (χ3n) is 6.50. The molecule has 2 aliphatic rings. The number of carboxylic acid groups (broad SMARTS) is 1. The molecule has 2 saturated carbocycles. The molecule has 0 unspecified atom stereocenters. The molecule has 1 amide bonds. The summed E-state index contributed by atoms with van der Waals surface area (Å²) in [5.41, 5.74) is 0.376. The van der Waals surface area contributed by atoms with Crippen molar-refractivity contribution in [2.24, 2.45) is 0 Å². The number of hydrogen-bond acceptors (Lipinski definition) is 3. The van der Waals surface area contributed by atoms with Gasteiger partial charge in [-0.05, 0) is 68.0 Å². The van der Waals surface area contributed by atoms with Gasteiger partial charge in [0.15, 0.2) is 0 Å². The van der Waals surface area contributed by atoms with Crippen molar-refractivity contribution in [1.29, 1.82) is 0 Å². The highest BCUT2D eigenvalue weighted by atomic mass is 19.1. The Kier molecular flexibility index (Phi) is 4.80. The molecule has 0 bridgehead atoms. The Morgan fingerprint density at radius 1 is 1.12 bits per heavy atom. The lowest BCUT2D eigenvalue weighted by molar-refractivity contribution is -0.118. The number of nitrogens with zero attached hydrogens (tertiary/aromatic N) is 2. The normalized spacial score (nSPS) is 16.9. The van der Waals surface area contributed by atoms with Gasteiger partial charge in [0, 0.05) is 23.0 Å². The summed E-state index contributed by atoms with van der Waals surface area (Å²) < 4.78 is 29.8.